The van der Waals surface area contributed by atoms with E-state index in [4.69, 9.17) is 14.2 Å². The van der Waals surface area contributed by atoms with Gasteiger partial charge in [-0.25, -0.2) is 0 Å². The number of benzene rings is 2. The Morgan fingerprint density at radius 3 is 2.37 bits per heavy atom. The minimum atomic E-state index is -1.04. The lowest BCUT2D eigenvalue weighted by Crippen LogP contribution is -2.23. The molecule has 3 rings (SSSR count). The van der Waals surface area contributed by atoms with Gasteiger partial charge in [-0.1, -0.05) is 36.4 Å². The Balaban J connectivity index is 1.58. The van der Waals surface area contributed by atoms with Crippen LogP contribution in [0.1, 0.15) is 36.8 Å². The molecule has 0 amide bonds. The van der Waals surface area contributed by atoms with Crippen molar-refractivity contribution in [1.29, 1.82) is 0 Å². The zero-order valence-corrected chi connectivity index (χ0v) is 15.6. The van der Waals surface area contributed by atoms with Crippen LogP contribution in [-0.2, 0) is 11.3 Å². The van der Waals surface area contributed by atoms with E-state index in [0.717, 1.165) is 18.4 Å². The maximum atomic E-state index is 13.9. The Bertz CT molecular complexity index is 779. The van der Waals surface area contributed by atoms with Crippen LogP contribution in [0.3, 0.4) is 0 Å². The Hall–Kier alpha value is -2.40. The van der Waals surface area contributed by atoms with Crippen LogP contribution in [0.2, 0.25) is 0 Å². The third-order valence-electron chi connectivity index (χ3n) is 4.80. The summed E-state index contributed by atoms with van der Waals surface area (Å²) < 4.78 is 43.7. The van der Waals surface area contributed by atoms with Gasteiger partial charge in [-0.05, 0) is 43.0 Å². The zero-order chi connectivity index (χ0) is 19.2. The van der Waals surface area contributed by atoms with Gasteiger partial charge >= 0.3 is 0 Å². The summed E-state index contributed by atoms with van der Waals surface area (Å²) in [6, 6.07) is 10.7. The molecule has 27 heavy (non-hydrogen) atoms. The van der Waals surface area contributed by atoms with E-state index in [1.165, 1.54) is 24.8 Å². The van der Waals surface area contributed by atoms with Crippen LogP contribution in [-0.4, -0.2) is 19.8 Å². The minimum absolute atomic E-state index is 0.131. The molecular formula is C22H24F2O3. The molecule has 1 aliphatic heterocycles. The Morgan fingerprint density at radius 2 is 1.74 bits per heavy atom. The molecule has 0 N–H and O–H groups in total. The summed E-state index contributed by atoms with van der Waals surface area (Å²) in [6.07, 6.45) is 6.44. The molecule has 2 aromatic rings. The number of allylic oxidation sites excluding steroid dienone is 1. The van der Waals surface area contributed by atoms with E-state index in [2.05, 4.69) is 6.08 Å². The maximum Gasteiger partial charge on any atom is 0.204 e. The second-order valence-electron chi connectivity index (χ2n) is 6.60. The first-order valence-electron chi connectivity index (χ1n) is 9.10. The van der Waals surface area contributed by atoms with Crippen LogP contribution in [0.15, 0.2) is 48.6 Å². The molecule has 144 valence electrons. The van der Waals surface area contributed by atoms with Crippen molar-refractivity contribution in [1.82, 2.24) is 0 Å². The highest BCUT2D eigenvalue weighted by Gasteiger charge is 2.21. The van der Waals surface area contributed by atoms with Crippen LogP contribution in [0.25, 0.3) is 0 Å². The number of halogens is 2. The maximum absolute atomic E-state index is 13.9. The SMILES string of the molecule is CC=CC1CCC(c2ccc(COc3ccc(OC)c(F)c3F)cc2)CO1. The highest BCUT2D eigenvalue weighted by Crippen LogP contribution is 2.30. The predicted molar refractivity (Wildman–Crippen MR) is 100 cm³/mol. The van der Waals surface area contributed by atoms with E-state index in [1.54, 1.807) is 0 Å². The van der Waals surface area contributed by atoms with Crippen molar-refractivity contribution in [2.24, 2.45) is 0 Å². The molecule has 0 radical (unpaired) electrons. The molecule has 2 aromatic carbocycles. The van der Waals surface area contributed by atoms with Gasteiger partial charge in [0.05, 0.1) is 19.8 Å². The van der Waals surface area contributed by atoms with E-state index in [1.807, 2.05) is 37.3 Å². The van der Waals surface area contributed by atoms with Gasteiger partial charge in [0.1, 0.15) is 6.61 Å². The molecular weight excluding hydrogens is 350 g/mol. The number of hydrogen-bond donors (Lipinski definition) is 0. The fourth-order valence-electron chi connectivity index (χ4n) is 3.23. The lowest BCUT2D eigenvalue weighted by atomic mass is 9.91. The summed E-state index contributed by atoms with van der Waals surface area (Å²) >= 11 is 0. The number of rotatable bonds is 6. The summed E-state index contributed by atoms with van der Waals surface area (Å²) in [5, 5.41) is 0. The first-order valence-corrected chi connectivity index (χ1v) is 9.10. The van der Waals surface area contributed by atoms with Crippen LogP contribution >= 0.6 is 0 Å². The molecule has 0 saturated carbocycles. The molecule has 1 saturated heterocycles. The van der Waals surface area contributed by atoms with Crippen molar-refractivity contribution in [2.45, 2.75) is 38.4 Å². The van der Waals surface area contributed by atoms with Gasteiger partial charge in [0, 0.05) is 5.92 Å². The van der Waals surface area contributed by atoms with Crippen LogP contribution in [0.5, 0.6) is 11.5 Å². The molecule has 0 aliphatic carbocycles. The van der Waals surface area contributed by atoms with Gasteiger partial charge in [0.15, 0.2) is 11.5 Å². The van der Waals surface area contributed by atoms with Gasteiger partial charge in [-0.15, -0.1) is 0 Å². The van der Waals surface area contributed by atoms with Crippen molar-refractivity contribution >= 4 is 0 Å². The average Bonchev–Trinajstić information content (AvgIpc) is 2.70. The molecule has 2 atom stereocenters. The summed E-state index contributed by atoms with van der Waals surface area (Å²) in [5.74, 6) is -1.97. The molecule has 0 aromatic heterocycles. The summed E-state index contributed by atoms with van der Waals surface area (Å²) in [4.78, 5) is 0. The van der Waals surface area contributed by atoms with Gasteiger partial charge in [-0.3, -0.25) is 0 Å². The second-order valence-corrected chi connectivity index (χ2v) is 6.60. The fraction of sp³-hybridized carbons (Fsp3) is 0.364. The van der Waals surface area contributed by atoms with E-state index >= 15 is 0 Å². The van der Waals surface area contributed by atoms with E-state index in [9.17, 15) is 8.78 Å². The topological polar surface area (TPSA) is 27.7 Å². The normalized spacial score (nSPS) is 20.0. The predicted octanol–water partition coefficient (Wildman–Crippen LogP) is 5.39. The van der Waals surface area contributed by atoms with E-state index < -0.39 is 11.6 Å². The number of methoxy groups -OCH3 is 1. The van der Waals surface area contributed by atoms with Crippen molar-refractivity contribution in [3.05, 3.63) is 71.3 Å². The fourth-order valence-corrected chi connectivity index (χ4v) is 3.23. The van der Waals surface area contributed by atoms with E-state index in [-0.39, 0.29) is 24.2 Å². The molecule has 0 spiro atoms. The largest absolute Gasteiger partial charge is 0.494 e. The summed E-state index contributed by atoms with van der Waals surface area (Å²) in [6.45, 7) is 2.87. The third kappa shape index (κ3) is 4.66. The quantitative estimate of drug-likeness (QED) is 0.635. The van der Waals surface area contributed by atoms with Crippen LogP contribution in [0, 0.1) is 11.6 Å². The number of hydrogen-bond acceptors (Lipinski definition) is 3. The first kappa shape index (κ1) is 19.4. The molecule has 0 bridgehead atoms. The van der Waals surface area contributed by atoms with Crippen molar-refractivity contribution in [2.75, 3.05) is 13.7 Å². The Labute approximate surface area is 158 Å². The Morgan fingerprint density at radius 1 is 1.04 bits per heavy atom. The molecule has 1 heterocycles. The summed E-state index contributed by atoms with van der Waals surface area (Å²) in [7, 11) is 1.29. The Kier molecular flexibility index (Phi) is 6.45. The monoisotopic (exact) mass is 374 g/mol. The van der Waals surface area contributed by atoms with Gasteiger partial charge < -0.3 is 14.2 Å². The number of ether oxygens (including phenoxy) is 3. The van der Waals surface area contributed by atoms with Gasteiger partial charge in [-0.2, -0.15) is 8.78 Å². The van der Waals surface area contributed by atoms with E-state index in [0.29, 0.717) is 12.5 Å². The molecule has 1 aliphatic rings. The average molecular weight is 374 g/mol. The minimum Gasteiger partial charge on any atom is -0.494 e. The van der Waals surface area contributed by atoms with Crippen molar-refractivity contribution in [3.8, 4) is 11.5 Å². The zero-order valence-electron chi connectivity index (χ0n) is 15.6. The highest BCUT2D eigenvalue weighted by molar-refractivity contribution is 5.35. The lowest BCUT2D eigenvalue weighted by molar-refractivity contribution is 0.0326. The van der Waals surface area contributed by atoms with Gasteiger partial charge in [0.2, 0.25) is 11.6 Å². The van der Waals surface area contributed by atoms with Gasteiger partial charge in [0.25, 0.3) is 0 Å². The van der Waals surface area contributed by atoms with Crippen molar-refractivity contribution in [3.63, 3.8) is 0 Å². The van der Waals surface area contributed by atoms with Crippen LogP contribution < -0.4 is 9.47 Å². The first-order chi connectivity index (χ1) is 13.1. The highest BCUT2D eigenvalue weighted by atomic mass is 19.2. The summed E-state index contributed by atoms with van der Waals surface area (Å²) in [5.41, 5.74) is 2.11. The smallest absolute Gasteiger partial charge is 0.204 e. The van der Waals surface area contributed by atoms with Crippen molar-refractivity contribution < 1.29 is 23.0 Å². The van der Waals surface area contributed by atoms with Crippen LogP contribution in [0.4, 0.5) is 8.78 Å². The molecule has 3 nitrogen and oxygen atoms in total. The second kappa shape index (κ2) is 9.00. The standard InChI is InChI=1S/C22H24F2O3/c1-3-4-18-10-9-17(14-26-18)16-7-5-15(6-8-16)13-27-20-12-11-19(25-2)21(23)22(20)24/h3-8,11-12,17-18H,9-10,13-14H2,1-2H3. The molecule has 2 unspecified atom stereocenters. The third-order valence-corrected chi connectivity index (χ3v) is 4.80. The molecule has 5 heteroatoms. The molecule has 1 fully saturated rings. The lowest BCUT2D eigenvalue weighted by Gasteiger charge is -2.27.